The molecule has 0 bridgehead atoms. The third kappa shape index (κ3) is 32.4. The van der Waals surface area contributed by atoms with Gasteiger partial charge in [0.05, 0.1) is 31.3 Å². The Bertz CT molecular complexity index is 1270. The lowest BCUT2D eigenvalue weighted by Gasteiger charge is -2.41. The lowest BCUT2D eigenvalue weighted by atomic mass is 9.85. The molecular formula is C52H98NO12P. The molecule has 0 aliphatic heterocycles. The highest BCUT2D eigenvalue weighted by Gasteiger charge is 2.51. The van der Waals surface area contributed by atoms with Gasteiger partial charge < -0.3 is 46.0 Å². The Morgan fingerprint density at radius 2 is 0.894 bits per heavy atom. The summed E-state index contributed by atoms with van der Waals surface area (Å²) in [7, 11) is -5.16. The molecule has 1 amide bonds. The van der Waals surface area contributed by atoms with Crippen molar-refractivity contribution in [2.45, 2.75) is 281 Å². The first-order valence-corrected chi connectivity index (χ1v) is 28.0. The van der Waals surface area contributed by atoms with Crippen LogP contribution in [0.2, 0.25) is 0 Å². The molecule has 13 nitrogen and oxygen atoms in total. The smallest absolute Gasteiger partial charge is 0.393 e. The van der Waals surface area contributed by atoms with E-state index < -0.39 is 75.2 Å². The second-order valence-corrected chi connectivity index (χ2v) is 20.3. The molecule has 1 aliphatic rings. The molecule has 388 valence electrons. The quantitative estimate of drug-likeness (QED) is 0.0158. The number of rotatable bonds is 44. The first-order chi connectivity index (χ1) is 31.8. The highest BCUT2D eigenvalue weighted by atomic mass is 31.2. The molecule has 1 saturated carbocycles. The van der Waals surface area contributed by atoms with Crippen molar-refractivity contribution >= 4 is 13.7 Å². The third-order valence-electron chi connectivity index (χ3n) is 12.7. The number of allylic oxidation sites excluding steroid dienone is 5. The molecule has 0 spiro atoms. The number of unbranched alkanes of at least 4 members (excludes halogenated alkanes) is 27. The Hall–Kier alpha value is -1.48. The molecule has 1 aliphatic carbocycles. The molecule has 0 heterocycles. The van der Waals surface area contributed by atoms with Crippen LogP contribution in [-0.2, 0) is 18.4 Å². The number of aliphatic hydroxyl groups excluding tert-OH is 7. The fourth-order valence-electron chi connectivity index (χ4n) is 8.37. The van der Waals surface area contributed by atoms with Crippen molar-refractivity contribution < 1.29 is 59.0 Å². The van der Waals surface area contributed by atoms with Gasteiger partial charge in [0, 0.05) is 0 Å². The van der Waals surface area contributed by atoms with Crippen LogP contribution < -0.4 is 5.32 Å². The maximum Gasteiger partial charge on any atom is 0.472 e. The van der Waals surface area contributed by atoms with Gasteiger partial charge in [0.15, 0.2) is 0 Å². The largest absolute Gasteiger partial charge is 0.472 e. The molecule has 1 fully saturated rings. The van der Waals surface area contributed by atoms with E-state index in [0.29, 0.717) is 12.8 Å². The summed E-state index contributed by atoms with van der Waals surface area (Å²) < 4.78 is 22.9. The second-order valence-electron chi connectivity index (χ2n) is 18.9. The maximum absolute atomic E-state index is 13.0. The van der Waals surface area contributed by atoms with Crippen LogP contribution in [0.5, 0.6) is 0 Å². The molecule has 0 aromatic heterocycles. The average Bonchev–Trinajstić information content (AvgIpc) is 3.29. The molecule has 66 heavy (non-hydrogen) atoms. The number of phosphoric acid groups is 1. The Balaban J connectivity index is 2.50. The molecule has 8 unspecified atom stereocenters. The molecule has 0 aromatic rings. The highest BCUT2D eigenvalue weighted by Crippen LogP contribution is 2.47. The van der Waals surface area contributed by atoms with Crippen LogP contribution >= 0.6 is 7.82 Å². The molecular weight excluding hydrogens is 862 g/mol. The van der Waals surface area contributed by atoms with Crippen molar-refractivity contribution in [1.29, 1.82) is 0 Å². The van der Waals surface area contributed by atoms with Gasteiger partial charge in [-0.3, -0.25) is 13.8 Å². The zero-order valence-corrected chi connectivity index (χ0v) is 42.3. The monoisotopic (exact) mass is 960 g/mol. The van der Waals surface area contributed by atoms with E-state index in [9.17, 15) is 50.0 Å². The minimum absolute atomic E-state index is 0.258. The molecule has 1 rings (SSSR count). The fourth-order valence-corrected chi connectivity index (χ4v) is 9.34. The lowest BCUT2D eigenvalue weighted by molar-refractivity contribution is -0.220. The van der Waals surface area contributed by atoms with Gasteiger partial charge in [0.1, 0.15) is 36.6 Å². The molecule has 14 heteroatoms. The number of hydrogen-bond donors (Lipinski definition) is 9. The summed E-state index contributed by atoms with van der Waals surface area (Å²) in [5, 5.41) is 74.7. The van der Waals surface area contributed by atoms with E-state index >= 15 is 0 Å². The average molecular weight is 960 g/mol. The third-order valence-corrected chi connectivity index (χ3v) is 13.7. The standard InChI is InChI=1S/C52H98NO12P/c1-3-5-7-9-11-13-15-17-19-20-21-22-23-24-26-28-30-32-34-36-38-40-45(55)44(42-64-66(62,63)65-52-50(60)48(58)47(57)49(59)51(52)61)53-46(56)41-43(54)39-37-35-33-31-29-27-25-18-16-14-12-10-8-6-4-2/h18,25,30,32,38,40,43-45,47-52,54-55,57-61H,3-17,19-24,26-29,31,33-37,39,41-42H2,1-2H3,(H,53,56)(H,62,63)/b25-18-,32-30+,40-38+. The number of hydrogen-bond acceptors (Lipinski definition) is 11. The predicted molar refractivity (Wildman–Crippen MR) is 266 cm³/mol. The first kappa shape index (κ1) is 62.5. The van der Waals surface area contributed by atoms with Gasteiger partial charge in [-0.2, -0.15) is 0 Å². The van der Waals surface area contributed by atoms with Crippen molar-refractivity contribution in [3.05, 3.63) is 36.5 Å². The van der Waals surface area contributed by atoms with Crippen LogP contribution in [-0.4, -0.2) is 108 Å². The summed E-state index contributed by atoms with van der Waals surface area (Å²) in [6.45, 7) is 3.75. The van der Waals surface area contributed by atoms with Crippen molar-refractivity contribution in [3.63, 3.8) is 0 Å². The topological polar surface area (TPSA) is 226 Å². The summed E-state index contributed by atoms with van der Waals surface area (Å²) >= 11 is 0. The first-order valence-electron chi connectivity index (χ1n) is 26.5. The maximum atomic E-state index is 13.0. The Morgan fingerprint density at radius 1 is 0.530 bits per heavy atom. The van der Waals surface area contributed by atoms with E-state index in [1.54, 1.807) is 6.08 Å². The Kier molecular flexibility index (Phi) is 39.1. The Morgan fingerprint density at radius 3 is 1.33 bits per heavy atom. The summed E-state index contributed by atoms with van der Waals surface area (Å²) in [6.07, 6.45) is 35.2. The Labute approximate surface area is 400 Å². The van der Waals surface area contributed by atoms with Crippen molar-refractivity contribution in [2.75, 3.05) is 6.61 Å². The van der Waals surface area contributed by atoms with Crippen molar-refractivity contribution in [1.82, 2.24) is 5.32 Å². The number of amides is 1. The summed E-state index contributed by atoms with van der Waals surface area (Å²) in [4.78, 5) is 23.5. The van der Waals surface area contributed by atoms with Crippen LogP contribution in [0.15, 0.2) is 36.5 Å². The van der Waals surface area contributed by atoms with Crippen LogP contribution in [0.25, 0.3) is 0 Å². The van der Waals surface area contributed by atoms with Crippen molar-refractivity contribution in [2.24, 2.45) is 0 Å². The van der Waals surface area contributed by atoms with Crippen LogP contribution in [0.1, 0.15) is 226 Å². The SMILES string of the molecule is CCCCCCCC/C=C\CCCCCCCC(O)CC(=O)NC(COP(=O)(O)OC1C(O)C(O)C(O)C(O)C1O)C(O)/C=C/CC/C=C/CCCCCCCCCCCCCCCCC. The zero-order valence-electron chi connectivity index (χ0n) is 41.4. The highest BCUT2D eigenvalue weighted by molar-refractivity contribution is 7.47. The van der Waals surface area contributed by atoms with Crippen LogP contribution in [0.4, 0.5) is 0 Å². The van der Waals surface area contributed by atoms with Gasteiger partial charge in [0.2, 0.25) is 5.91 Å². The number of carbonyl (C=O) groups excluding carboxylic acids is 1. The van der Waals surface area contributed by atoms with Gasteiger partial charge in [-0.1, -0.05) is 198 Å². The normalized spacial score (nSPS) is 22.6. The molecule has 0 aromatic carbocycles. The van der Waals surface area contributed by atoms with Crippen LogP contribution in [0, 0.1) is 0 Å². The molecule has 8 atom stereocenters. The number of nitrogens with one attached hydrogen (secondary N) is 1. The zero-order chi connectivity index (χ0) is 48.7. The van der Waals surface area contributed by atoms with Gasteiger partial charge in [-0.05, 0) is 57.8 Å². The van der Waals surface area contributed by atoms with E-state index in [2.05, 4.69) is 43.5 Å². The number of carbonyl (C=O) groups is 1. The van der Waals surface area contributed by atoms with E-state index in [4.69, 9.17) is 9.05 Å². The number of aliphatic hydroxyl groups is 7. The van der Waals surface area contributed by atoms with Gasteiger partial charge >= 0.3 is 7.82 Å². The lowest BCUT2D eigenvalue weighted by Crippen LogP contribution is -2.64. The predicted octanol–water partition coefficient (Wildman–Crippen LogP) is 10.1. The minimum atomic E-state index is -5.16. The van der Waals surface area contributed by atoms with E-state index in [0.717, 1.165) is 64.2 Å². The van der Waals surface area contributed by atoms with E-state index in [1.165, 1.54) is 134 Å². The van der Waals surface area contributed by atoms with E-state index in [-0.39, 0.29) is 6.42 Å². The summed E-state index contributed by atoms with van der Waals surface area (Å²) in [5.74, 6) is -0.606. The molecule has 9 N–H and O–H groups in total. The van der Waals surface area contributed by atoms with E-state index in [1.807, 2.05) is 0 Å². The minimum Gasteiger partial charge on any atom is -0.393 e. The van der Waals surface area contributed by atoms with Gasteiger partial charge in [-0.15, -0.1) is 0 Å². The summed E-state index contributed by atoms with van der Waals surface area (Å²) in [5.41, 5.74) is 0. The van der Waals surface area contributed by atoms with Crippen LogP contribution in [0.3, 0.4) is 0 Å². The van der Waals surface area contributed by atoms with Gasteiger partial charge in [0.25, 0.3) is 0 Å². The number of phosphoric ester groups is 1. The fraction of sp³-hybridized carbons (Fsp3) is 0.865. The van der Waals surface area contributed by atoms with Gasteiger partial charge in [-0.25, -0.2) is 4.57 Å². The van der Waals surface area contributed by atoms with Crippen molar-refractivity contribution in [3.8, 4) is 0 Å². The second kappa shape index (κ2) is 41.3. The summed E-state index contributed by atoms with van der Waals surface area (Å²) in [6, 6.07) is -1.26. The molecule has 0 radical (unpaired) electrons. The molecule has 0 saturated heterocycles.